The van der Waals surface area contributed by atoms with Crippen LogP contribution in [0.25, 0.3) is 0 Å². The maximum Gasteiger partial charge on any atom is 0.514 e. The zero-order valence-electron chi connectivity index (χ0n) is 26.6. The summed E-state index contributed by atoms with van der Waals surface area (Å²) in [7, 11) is 0. The largest absolute Gasteiger partial charge is 0.514 e. The van der Waals surface area contributed by atoms with Gasteiger partial charge in [0.25, 0.3) is 0 Å². The van der Waals surface area contributed by atoms with Gasteiger partial charge in [0.05, 0.1) is 0 Å². The number of nitrogens with two attached hydrogens (primary N) is 1. The second-order valence-electron chi connectivity index (χ2n) is 11.5. The number of benzene rings is 1. The van der Waals surface area contributed by atoms with Gasteiger partial charge in [-0.05, 0) is 84.9 Å². The maximum absolute atomic E-state index is 12.7. The molecule has 1 rings (SSSR count). The lowest BCUT2D eigenvalue weighted by molar-refractivity contribution is -0.166. The summed E-state index contributed by atoms with van der Waals surface area (Å²) in [6.45, 7) is 16.0. The Bertz CT molecular complexity index is 1050. The molecule has 0 aliphatic rings. The quantitative estimate of drug-likeness (QED) is 0.0977. The fourth-order valence-electron chi connectivity index (χ4n) is 3.25. The number of hydrogen-bond acceptors (Lipinski definition) is 11. The van der Waals surface area contributed by atoms with Crippen molar-refractivity contribution < 1.29 is 47.6 Å². The Hall–Kier alpha value is -3.34. The Morgan fingerprint density at radius 3 is 1.83 bits per heavy atom. The Morgan fingerprint density at radius 1 is 0.786 bits per heavy atom. The van der Waals surface area contributed by atoms with Crippen LogP contribution in [-0.4, -0.2) is 53.7 Å². The Kier molecular flexibility index (Phi) is 14.8. The summed E-state index contributed by atoms with van der Waals surface area (Å²) < 4.78 is 32.2. The molecule has 0 saturated heterocycles. The Morgan fingerprint density at radius 2 is 1.31 bits per heavy atom. The fourth-order valence-corrected chi connectivity index (χ4v) is 3.25. The minimum Gasteiger partial charge on any atom is -0.459 e. The van der Waals surface area contributed by atoms with E-state index < -0.39 is 47.7 Å². The molecule has 11 heteroatoms. The normalized spacial score (nSPS) is 13.8. The number of esters is 2. The van der Waals surface area contributed by atoms with Crippen LogP contribution in [0.1, 0.15) is 106 Å². The van der Waals surface area contributed by atoms with Crippen molar-refractivity contribution in [3.63, 3.8) is 0 Å². The minimum absolute atomic E-state index is 0.0101. The van der Waals surface area contributed by atoms with E-state index in [4.69, 9.17) is 34.2 Å². The Labute approximate surface area is 249 Å². The molecular weight excluding hydrogens is 546 g/mol. The first kappa shape index (κ1) is 36.7. The molecule has 0 heterocycles. The van der Waals surface area contributed by atoms with E-state index >= 15 is 0 Å². The van der Waals surface area contributed by atoms with Gasteiger partial charge in [0.2, 0.25) is 0 Å². The molecule has 0 fully saturated rings. The molecule has 238 valence electrons. The summed E-state index contributed by atoms with van der Waals surface area (Å²) in [5, 5.41) is 0. The molecule has 1 aromatic rings. The molecule has 11 nitrogen and oxygen atoms in total. The second kappa shape index (κ2) is 16.9. The predicted octanol–water partition coefficient (Wildman–Crippen LogP) is 6.41. The lowest BCUT2D eigenvalue weighted by Gasteiger charge is -2.24. The van der Waals surface area contributed by atoms with Crippen LogP contribution in [0.15, 0.2) is 18.2 Å². The molecule has 1 unspecified atom stereocenters. The van der Waals surface area contributed by atoms with Crippen LogP contribution in [0.2, 0.25) is 0 Å². The molecule has 2 N–H and O–H groups in total. The SMILES string of the molecule is CCCCCC(=O)OC(C)[C@H](C)OC(=O)[C@@H](N)Cc1ccc(OC(=O)OC(C)(C)CC)c(OC(=O)OC(C)(C)CC)c1. The lowest BCUT2D eigenvalue weighted by Crippen LogP contribution is -2.39. The van der Waals surface area contributed by atoms with E-state index in [9.17, 15) is 19.2 Å². The van der Waals surface area contributed by atoms with Gasteiger partial charge in [-0.1, -0.05) is 39.7 Å². The van der Waals surface area contributed by atoms with Crippen LogP contribution < -0.4 is 15.2 Å². The van der Waals surface area contributed by atoms with Gasteiger partial charge in [0, 0.05) is 6.42 Å². The number of rotatable bonds is 16. The summed E-state index contributed by atoms with van der Waals surface area (Å²) in [4.78, 5) is 49.6. The standard InChI is InChI=1S/C31H49NO10/c1-10-13-14-15-26(33)37-20(4)21(5)38-27(34)23(32)18-22-16-17-24(39-28(35)41-30(6,7)11-2)25(19-22)40-29(36)42-31(8,9)12-3/h16-17,19-21,23H,10-15,18,32H2,1-9H3/t20?,21-,23-/m0/s1. The second-order valence-corrected chi connectivity index (χ2v) is 11.5. The molecule has 0 bridgehead atoms. The number of hydrogen-bond donors (Lipinski definition) is 1. The first-order valence-corrected chi connectivity index (χ1v) is 14.6. The van der Waals surface area contributed by atoms with Gasteiger partial charge in [0.15, 0.2) is 11.5 Å². The van der Waals surface area contributed by atoms with Crippen molar-refractivity contribution in [2.45, 2.75) is 137 Å². The van der Waals surface area contributed by atoms with Crippen LogP contribution in [0.4, 0.5) is 9.59 Å². The van der Waals surface area contributed by atoms with Crippen molar-refractivity contribution >= 4 is 24.2 Å². The van der Waals surface area contributed by atoms with Gasteiger partial charge in [-0.2, -0.15) is 0 Å². The van der Waals surface area contributed by atoms with Crippen molar-refractivity contribution in [3.8, 4) is 11.5 Å². The van der Waals surface area contributed by atoms with E-state index in [1.54, 1.807) is 47.6 Å². The summed E-state index contributed by atoms with van der Waals surface area (Å²) in [5.41, 5.74) is 5.06. The number of carbonyl (C=O) groups excluding carboxylic acids is 4. The summed E-state index contributed by atoms with van der Waals surface area (Å²) in [6.07, 6.45) is 0.721. The molecule has 0 spiro atoms. The van der Waals surface area contributed by atoms with Gasteiger partial charge in [0.1, 0.15) is 29.5 Å². The maximum atomic E-state index is 12.7. The molecular formula is C31H49NO10. The Balaban J connectivity index is 2.99. The van der Waals surface area contributed by atoms with Crippen molar-refractivity contribution in [3.05, 3.63) is 23.8 Å². The van der Waals surface area contributed by atoms with E-state index in [0.29, 0.717) is 24.8 Å². The summed E-state index contributed by atoms with van der Waals surface area (Å²) in [6, 6.07) is 3.31. The van der Waals surface area contributed by atoms with Crippen molar-refractivity contribution in [1.29, 1.82) is 0 Å². The van der Waals surface area contributed by atoms with Gasteiger partial charge in [-0.25, -0.2) is 9.59 Å². The average Bonchev–Trinajstić information content (AvgIpc) is 2.89. The fraction of sp³-hybridized carbons (Fsp3) is 0.677. The molecule has 3 atom stereocenters. The van der Waals surface area contributed by atoms with Crippen molar-refractivity contribution in [2.75, 3.05) is 0 Å². The van der Waals surface area contributed by atoms with E-state index in [1.165, 1.54) is 12.1 Å². The van der Waals surface area contributed by atoms with Crippen LogP contribution in [-0.2, 0) is 35.0 Å². The molecule has 0 amide bonds. The van der Waals surface area contributed by atoms with E-state index in [0.717, 1.165) is 19.3 Å². The highest BCUT2D eigenvalue weighted by molar-refractivity contribution is 5.76. The molecule has 0 radical (unpaired) electrons. The number of ether oxygens (including phenoxy) is 6. The van der Waals surface area contributed by atoms with Gasteiger partial charge in [-0.3, -0.25) is 9.59 Å². The molecule has 42 heavy (non-hydrogen) atoms. The van der Waals surface area contributed by atoms with Crippen LogP contribution >= 0.6 is 0 Å². The van der Waals surface area contributed by atoms with Gasteiger partial charge in [-0.15, -0.1) is 0 Å². The van der Waals surface area contributed by atoms with Gasteiger partial charge < -0.3 is 34.2 Å². The lowest BCUT2D eigenvalue weighted by atomic mass is 10.1. The van der Waals surface area contributed by atoms with Gasteiger partial charge >= 0.3 is 24.2 Å². The smallest absolute Gasteiger partial charge is 0.459 e. The molecule has 1 aromatic carbocycles. The third-order valence-corrected chi connectivity index (χ3v) is 6.84. The van der Waals surface area contributed by atoms with E-state index in [1.807, 2.05) is 20.8 Å². The number of unbranched alkanes of at least 4 members (excludes halogenated alkanes) is 2. The highest BCUT2D eigenvalue weighted by Gasteiger charge is 2.27. The van der Waals surface area contributed by atoms with Crippen LogP contribution in [0.5, 0.6) is 11.5 Å². The number of carbonyl (C=O) groups is 4. The van der Waals surface area contributed by atoms with Crippen LogP contribution in [0, 0.1) is 0 Å². The molecule has 0 saturated carbocycles. The molecule has 0 aliphatic carbocycles. The van der Waals surface area contributed by atoms with Crippen molar-refractivity contribution in [2.24, 2.45) is 5.73 Å². The first-order valence-electron chi connectivity index (χ1n) is 14.6. The van der Waals surface area contributed by atoms with E-state index in [-0.39, 0.29) is 23.9 Å². The monoisotopic (exact) mass is 595 g/mol. The average molecular weight is 596 g/mol. The minimum atomic E-state index is -1.08. The third-order valence-electron chi connectivity index (χ3n) is 6.84. The van der Waals surface area contributed by atoms with Crippen molar-refractivity contribution in [1.82, 2.24) is 0 Å². The summed E-state index contributed by atoms with van der Waals surface area (Å²) in [5.74, 6) is -1.25. The summed E-state index contributed by atoms with van der Waals surface area (Å²) >= 11 is 0. The zero-order chi connectivity index (χ0) is 32.1. The first-order chi connectivity index (χ1) is 19.5. The highest BCUT2D eigenvalue weighted by Crippen LogP contribution is 2.31. The molecule has 0 aliphatic heterocycles. The van der Waals surface area contributed by atoms with E-state index in [2.05, 4.69) is 0 Å². The highest BCUT2D eigenvalue weighted by atomic mass is 16.8. The predicted molar refractivity (Wildman–Crippen MR) is 156 cm³/mol. The third kappa shape index (κ3) is 13.5. The zero-order valence-corrected chi connectivity index (χ0v) is 26.6. The molecule has 0 aromatic heterocycles. The van der Waals surface area contributed by atoms with Crippen LogP contribution in [0.3, 0.4) is 0 Å². The topological polar surface area (TPSA) is 150 Å².